The first kappa shape index (κ1) is 19.9. The zero-order valence-electron chi connectivity index (χ0n) is 16.0. The first-order valence-electron chi connectivity index (χ1n) is 9.23. The van der Waals surface area contributed by atoms with Gasteiger partial charge in [0.2, 0.25) is 0 Å². The van der Waals surface area contributed by atoms with Gasteiger partial charge in [-0.15, -0.1) is 0 Å². The van der Waals surface area contributed by atoms with Gasteiger partial charge in [0.15, 0.2) is 5.78 Å². The van der Waals surface area contributed by atoms with Gasteiger partial charge in [0.05, 0.1) is 0 Å². The van der Waals surface area contributed by atoms with Crippen LogP contribution in [-0.4, -0.2) is 29.1 Å². The van der Waals surface area contributed by atoms with Crippen LogP contribution in [0.1, 0.15) is 43.7 Å². The maximum Gasteiger partial charge on any atom is 0.269 e. The second kappa shape index (κ2) is 9.41. The number of ketones is 1. The maximum atomic E-state index is 12.5. The summed E-state index contributed by atoms with van der Waals surface area (Å²) < 4.78 is 0. The highest BCUT2D eigenvalue weighted by molar-refractivity contribution is 6.06. The van der Waals surface area contributed by atoms with E-state index in [0.29, 0.717) is 29.8 Å². The van der Waals surface area contributed by atoms with E-state index in [-0.39, 0.29) is 23.3 Å². The molecule has 0 saturated carbocycles. The van der Waals surface area contributed by atoms with E-state index in [9.17, 15) is 14.4 Å². The molecule has 2 amide bonds. The summed E-state index contributed by atoms with van der Waals surface area (Å²) in [4.78, 5) is 40.4. The van der Waals surface area contributed by atoms with Crippen molar-refractivity contribution < 1.29 is 14.4 Å². The Morgan fingerprint density at radius 1 is 0.862 bits per heavy atom. The van der Waals surface area contributed by atoms with E-state index in [0.717, 1.165) is 5.56 Å². The molecule has 0 spiro atoms. The molecule has 6 heteroatoms. The Morgan fingerprint density at radius 2 is 1.66 bits per heavy atom. The van der Waals surface area contributed by atoms with Crippen molar-refractivity contribution in [3.63, 3.8) is 0 Å². The van der Waals surface area contributed by atoms with E-state index in [1.807, 2.05) is 30.3 Å². The molecule has 0 bridgehead atoms. The van der Waals surface area contributed by atoms with Crippen LogP contribution in [0.15, 0.2) is 72.9 Å². The topological polar surface area (TPSA) is 88.2 Å². The summed E-state index contributed by atoms with van der Waals surface area (Å²) in [6.45, 7) is 1.94. The number of pyridine rings is 1. The summed E-state index contributed by atoms with van der Waals surface area (Å²) in [5.41, 5.74) is 2.62. The predicted octanol–water partition coefficient (Wildman–Crippen LogP) is 3.51. The maximum absolute atomic E-state index is 12.5. The van der Waals surface area contributed by atoms with Crippen molar-refractivity contribution in [3.8, 4) is 0 Å². The Bertz CT molecular complexity index is 1030. The summed E-state index contributed by atoms with van der Waals surface area (Å²) in [5.74, 6) is -0.805. The second-order valence-corrected chi connectivity index (χ2v) is 6.51. The van der Waals surface area contributed by atoms with Crippen LogP contribution < -0.4 is 10.6 Å². The van der Waals surface area contributed by atoms with Crippen molar-refractivity contribution in [2.75, 3.05) is 11.9 Å². The van der Waals surface area contributed by atoms with Gasteiger partial charge >= 0.3 is 0 Å². The molecule has 0 fully saturated rings. The number of Topliss-reactive ketones (excluding diaryl/α,β-unsaturated/α-hetero) is 1. The van der Waals surface area contributed by atoms with Gasteiger partial charge in [-0.3, -0.25) is 19.4 Å². The highest BCUT2D eigenvalue weighted by Crippen LogP contribution is 2.13. The quantitative estimate of drug-likeness (QED) is 0.607. The van der Waals surface area contributed by atoms with E-state index < -0.39 is 0 Å². The third-order valence-electron chi connectivity index (χ3n) is 4.32. The molecule has 0 aliphatic carbocycles. The van der Waals surface area contributed by atoms with E-state index in [1.165, 1.54) is 25.3 Å². The van der Waals surface area contributed by atoms with Gasteiger partial charge in [-0.25, -0.2) is 0 Å². The minimum atomic E-state index is -0.383. The number of amides is 2. The monoisotopic (exact) mass is 387 g/mol. The third kappa shape index (κ3) is 5.59. The largest absolute Gasteiger partial charge is 0.350 e. The van der Waals surface area contributed by atoms with Crippen LogP contribution in [0.5, 0.6) is 0 Å². The lowest BCUT2D eigenvalue weighted by molar-refractivity contribution is 0.0948. The minimum absolute atomic E-state index is 0.0838. The molecule has 2 N–H and O–H groups in total. The number of hydrogen-bond donors (Lipinski definition) is 2. The van der Waals surface area contributed by atoms with E-state index in [4.69, 9.17) is 0 Å². The van der Waals surface area contributed by atoms with Gasteiger partial charge in [0.1, 0.15) is 5.69 Å². The highest BCUT2D eigenvalue weighted by atomic mass is 16.2. The van der Waals surface area contributed by atoms with Crippen LogP contribution in [0.2, 0.25) is 0 Å². The summed E-state index contributed by atoms with van der Waals surface area (Å²) in [6, 6.07) is 19.5. The molecule has 3 aromatic rings. The van der Waals surface area contributed by atoms with Gasteiger partial charge in [0.25, 0.3) is 11.8 Å². The Labute approximate surface area is 169 Å². The summed E-state index contributed by atoms with van der Waals surface area (Å²) >= 11 is 0. The normalized spacial score (nSPS) is 10.2. The van der Waals surface area contributed by atoms with Crippen molar-refractivity contribution in [2.45, 2.75) is 13.3 Å². The molecule has 0 atom stereocenters. The van der Waals surface area contributed by atoms with Crippen LogP contribution in [0, 0.1) is 0 Å². The van der Waals surface area contributed by atoms with Crippen LogP contribution >= 0.6 is 0 Å². The fraction of sp³-hybridized carbons (Fsp3) is 0.130. The molecule has 0 aliphatic rings. The molecule has 1 heterocycles. The number of nitrogens with zero attached hydrogens (tertiary/aromatic N) is 1. The smallest absolute Gasteiger partial charge is 0.269 e. The molecule has 0 unspecified atom stereocenters. The number of rotatable bonds is 7. The van der Waals surface area contributed by atoms with E-state index in [2.05, 4.69) is 15.6 Å². The van der Waals surface area contributed by atoms with Crippen molar-refractivity contribution in [1.29, 1.82) is 0 Å². The van der Waals surface area contributed by atoms with Crippen molar-refractivity contribution >= 4 is 23.3 Å². The van der Waals surface area contributed by atoms with E-state index in [1.54, 1.807) is 24.3 Å². The summed E-state index contributed by atoms with van der Waals surface area (Å²) in [7, 11) is 0. The number of benzene rings is 2. The zero-order valence-corrected chi connectivity index (χ0v) is 16.0. The average Bonchev–Trinajstić information content (AvgIpc) is 2.74. The number of aromatic nitrogens is 1. The standard InChI is InChI=1S/C23H21N3O3/c1-16(27)18-8-5-9-20(14-18)26-22(28)19-11-13-24-21(15-19)23(29)25-12-10-17-6-3-2-4-7-17/h2-9,11,13-15H,10,12H2,1H3,(H,25,29)(H,26,28). The molecule has 0 saturated heterocycles. The minimum Gasteiger partial charge on any atom is -0.350 e. The molecule has 0 radical (unpaired) electrons. The molecule has 2 aromatic carbocycles. The Balaban J connectivity index is 1.62. The first-order valence-corrected chi connectivity index (χ1v) is 9.23. The van der Waals surface area contributed by atoms with Gasteiger partial charge < -0.3 is 10.6 Å². The van der Waals surface area contributed by atoms with Gasteiger partial charge in [0, 0.05) is 29.6 Å². The van der Waals surface area contributed by atoms with Gasteiger partial charge in [-0.05, 0) is 43.2 Å². The third-order valence-corrected chi connectivity index (χ3v) is 4.32. The van der Waals surface area contributed by atoms with Crippen LogP contribution in [0.4, 0.5) is 5.69 Å². The Hall–Kier alpha value is -3.80. The molecule has 6 nitrogen and oxygen atoms in total. The van der Waals surface area contributed by atoms with Crippen LogP contribution in [0.3, 0.4) is 0 Å². The van der Waals surface area contributed by atoms with Crippen molar-refractivity contribution in [1.82, 2.24) is 10.3 Å². The zero-order chi connectivity index (χ0) is 20.6. The fourth-order valence-electron chi connectivity index (χ4n) is 2.77. The summed E-state index contributed by atoms with van der Waals surface area (Å²) in [6.07, 6.45) is 2.13. The number of carbonyl (C=O) groups is 3. The Morgan fingerprint density at radius 3 is 2.41 bits per heavy atom. The lowest BCUT2D eigenvalue weighted by Gasteiger charge is -2.08. The summed E-state index contributed by atoms with van der Waals surface area (Å²) in [5, 5.41) is 5.55. The SMILES string of the molecule is CC(=O)c1cccc(NC(=O)c2ccnc(C(=O)NCCc3ccccc3)c2)c1. The van der Waals surface area contributed by atoms with Crippen molar-refractivity contribution in [2.24, 2.45) is 0 Å². The lowest BCUT2D eigenvalue weighted by atomic mass is 10.1. The second-order valence-electron chi connectivity index (χ2n) is 6.51. The molecule has 29 heavy (non-hydrogen) atoms. The molecule has 3 rings (SSSR count). The number of hydrogen-bond acceptors (Lipinski definition) is 4. The van der Waals surface area contributed by atoms with Crippen LogP contribution in [-0.2, 0) is 6.42 Å². The number of carbonyl (C=O) groups excluding carboxylic acids is 3. The number of anilines is 1. The molecule has 1 aromatic heterocycles. The fourth-order valence-corrected chi connectivity index (χ4v) is 2.77. The van der Waals surface area contributed by atoms with Gasteiger partial charge in [-0.1, -0.05) is 42.5 Å². The van der Waals surface area contributed by atoms with Crippen molar-refractivity contribution in [3.05, 3.63) is 95.3 Å². The average molecular weight is 387 g/mol. The van der Waals surface area contributed by atoms with Crippen LogP contribution in [0.25, 0.3) is 0 Å². The Kier molecular flexibility index (Phi) is 6.47. The van der Waals surface area contributed by atoms with Gasteiger partial charge in [-0.2, -0.15) is 0 Å². The number of nitrogens with one attached hydrogen (secondary N) is 2. The molecule has 146 valence electrons. The highest BCUT2D eigenvalue weighted by Gasteiger charge is 2.12. The molecular weight excluding hydrogens is 366 g/mol. The first-order chi connectivity index (χ1) is 14.0. The van der Waals surface area contributed by atoms with E-state index >= 15 is 0 Å². The molecule has 0 aliphatic heterocycles. The molecular formula is C23H21N3O3. The predicted molar refractivity (Wildman–Crippen MR) is 111 cm³/mol. The lowest BCUT2D eigenvalue weighted by Crippen LogP contribution is -2.27.